The van der Waals surface area contributed by atoms with Crippen LogP contribution < -0.4 is 10.7 Å². The first-order chi connectivity index (χ1) is 32.8. The highest BCUT2D eigenvalue weighted by Crippen LogP contribution is 2.43. The number of hydrogen-bond acceptors (Lipinski definition) is 5. The van der Waals surface area contributed by atoms with Gasteiger partial charge >= 0.3 is 5.97 Å². The van der Waals surface area contributed by atoms with Crippen molar-refractivity contribution in [2.75, 3.05) is 25.0 Å². The molecule has 2 aliphatic rings. The summed E-state index contributed by atoms with van der Waals surface area (Å²) in [6.07, 6.45) is 0. The molecule has 0 saturated heterocycles. The Balaban J connectivity index is 0.000000181. The van der Waals surface area contributed by atoms with Gasteiger partial charge in [-0.25, -0.2) is 4.79 Å². The predicted molar refractivity (Wildman–Crippen MR) is 285 cm³/mol. The van der Waals surface area contributed by atoms with Gasteiger partial charge in [-0.05, 0) is 138 Å². The first-order valence-corrected chi connectivity index (χ1v) is 22.9. The molecule has 0 aromatic heterocycles. The molecule has 6 heteroatoms. The molecule has 1 aliphatic carbocycles. The third-order valence-corrected chi connectivity index (χ3v) is 11.9. The van der Waals surface area contributed by atoms with Crippen LogP contribution in [0.25, 0.3) is 65.7 Å². The highest BCUT2D eigenvalue weighted by Gasteiger charge is 2.23. The molecule has 68 heavy (non-hydrogen) atoms. The Morgan fingerprint density at radius 1 is 0.574 bits per heavy atom. The number of rotatable bonds is 6. The van der Waals surface area contributed by atoms with Crippen LogP contribution in [0, 0.1) is 37.5 Å². The van der Waals surface area contributed by atoms with E-state index in [0.717, 1.165) is 106 Å². The van der Waals surface area contributed by atoms with Crippen molar-refractivity contribution in [3.63, 3.8) is 0 Å². The summed E-state index contributed by atoms with van der Waals surface area (Å²) in [5.41, 5.74) is 11.4. The third kappa shape index (κ3) is 9.58. The van der Waals surface area contributed by atoms with Crippen molar-refractivity contribution in [3.8, 4) is 46.1 Å². The highest BCUT2D eigenvalue weighted by molar-refractivity contribution is 6.14. The Morgan fingerprint density at radius 2 is 1.13 bits per heavy atom. The molecule has 1 N–H and O–H groups in total. The maximum atomic E-state index is 12.9. The fourth-order valence-corrected chi connectivity index (χ4v) is 8.73. The van der Waals surface area contributed by atoms with E-state index in [-0.39, 0.29) is 18.4 Å². The molecule has 0 atom stereocenters. The van der Waals surface area contributed by atoms with Gasteiger partial charge in [-0.15, -0.1) is 12.4 Å². The van der Waals surface area contributed by atoms with E-state index >= 15 is 0 Å². The molecule has 0 unspecified atom stereocenters. The number of aryl methyl sites for hydroxylation is 2. The van der Waals surface area contributed by atoms with E-state index < -0.39 is 0 Å². The van der Waals surface area contributed by atoms with E-state index in [9.17, 15) is 4.79 Å². The minimum atomic E-state index is -0.328. The van der Waals surface area contributed by atoms with E-state index in [4.69, 9.17) is 9.15 Å². The van der Waals surface area contributed by atoms with E-state index in [0.29, 0.717) is 18.7 Å². The Labute approximate surface area is 404 Å². The van der Waals surface area contributed by atoms with E-state index in [1.165, 1.54) is 10.8 Å². The Hall–Kier alpha value is -8.09. The summed E-state index contributed by atoms with van der Waals surface area (Å²) in [6.45, 7) is 11.9. The zero-order valence-corrected chi connectivity index (χ0v) is 39.7. The molecule has 1 heterocycles. The number of nitrogens with one attached hydrogen (secondary N) is 1. The van der Waals surface area contributed by atoms with Gasteiger partial charge in [0.1, 0.15) is 11.3 Å². The first-order valence-electron chi connectivity index (χ1n) is 22.9. The second-order valence-electron chi connectivity index (χ2n) is 16.3. The van der Waals surface area contributed by atoms with Gasteiger partial charge in [0.05, 0.1) is 17.5 Å². The molecule has 5 nitrogen and oxygen atoms in total. The number of carbonyl (C=O) groups excluding carboxylic acids is 1. The highest BCUT2D eigenvalue weighted by atomic mass is 35.5. The number of nitrogens with zero attached hydrogens (tertiary/aromatic N) is 1. The second kappa shape index (κ2) is 21.0. The zero-order chi connectivity index (χ0) is 46.3. The van der Waals surface area contributed by atoms with Gasteiger partial charge in [0.2, 0.25) is 0 Å². The van der Waals surface area contributed by atoms with Crippen molar-refractivity contribution in [2.24, 2.45) is 4.99 Å². The van der Waals surface area contributed by atoms with Crippen LogP contribution in [0.5, 0.6) is 0 Å². The monoisotopic (exact) mass is 906 g/mol. The van der Waals surface area contributed by atoms with E-state index in [2.05, 4.69) is 128 Å². The molecule has 0 spiro atoms. The molecule has 0 saturated carbocycles. The summed E-state index contributed by atoms with van der Waals surface area (Å²) in [4.78, 5) is 17.5. The molecule has 0 fully saturated rings. The van der Waals surface area contributed by atoms with Crippen molar-refractivity contribution in [1.29, 1.82) is 0 Å². The van der Waals surface area contributed by atoms with Crippen LogP contribution in [0.1, 0.15) is 64.5 Å². The van der Waals surface area contributed by atoms with Crippen molar-refractivity contribution >= 4 is 67.4 Å². The fraction of sp³-hybridized carbons (Fsp3) is 0.129. The van der Waals surface area contributed by atoms with Crippen molar-refractivity contribution in [1.82, 2.24) is 0 Å². The lowest BCUT2D eigenvalue weighted by Gasteiger charge is -2.19. The van der Waals surface area contributed by atoms with E-state index in [1.807, 2.05) is 111 Å². The van der Waals surface area contributed by atoms with Crippen LogP contribution in [0.15, 0.2) is 179 Å². The predicted octanol–water partition coefficient (Wildman–Crippen LogP) is 14.7. The average Bonchev–Trinajstić information content (AvgIpc) is 3.35. The molecule has 0 bridgehead atoms. The molecule has 10 rings (SSSR count). The van der Waals surface area contributed by atoms with Gasteiger partial charge in [-0.1, -0.05) is 127 Å². The lowest BCUT2D eigenvalue weighted by molar-refractivity contribution is 0.0527. The average molecular weight is 908 g/mol. The molecule has 0 radical (unpaired) electrons. The molecule has 1 aliphatic heterocycles. The van der Waals surface area contributed by atoms with E-state index in [1.54, 1.807) is 0 Å². The van der Waals surface area contributed by atoms with Gasteiger partial charge in [0, 0.05) is 69.7 Å². The van der Waals surface area contributed by atoms with Crippen LogP contribution in [0.3, 0.4) is 0 Å². The summed E-state index contributed by atoms with van der Waals surface area (Å²) >= 11 is 0. The van der Waals surface area contributed by atoms with Gasteiger partial charge < -0.3 is 14.5 Å². The zero-order valence-electron chi connectivity index (χ0n) is 38.9. The van der Waals surface area contributed by atoms with Crippen molar-refractivity contribution in [3.05, 3.63) is 214 Å². The quantitative estimate of drug-likeness (QED) is 0.103. The third-order valence-electron chi connectivity index (χ3n) is 11.9. The van der Waals surface area contributed by atoms with Gasteiger partial charge in [-0.2, -0.15) is 0 Å². The molecule has 0 amide bonds. The standard InChI is InChI=1S/C34H20.C28H30N2O3.ClH/c1-3-11-25(12-4-1)19-21-31-29-17-9-10-18-30(29)32(22-20-26-13-5-2-6-14-26)34-24-28-16-8-7-15-27(28)23-33(31)34;1-6-29-23-15-25-21(13-17(23)4)27(19-11-9-10-12-20(19)28(31)32-8-3)22-14-18(5)24(30-7-2)16-26(22)33-25;/h1-18,23-24H;9-16,29H,6-8H2,1-5H3;1H. The minimum Gasteiger partial charge on any atom is -0.462 e. The van der Waals surface area contributed by atoms with Gasteiger partial charge in [0.25, 0.3) is 0 Å². The number of anilines is 1. The Kier molecular flexibility index (Phi) is 14.4. The van der Waals surface area contributed by atoms with Crippen LogP contribution in [-0.2, 0) is 4.74 Å². The number of benzene rings is 9. The van der Waals surface area contributed by atoms with Gasteiger partial charge in [-0.3, -0.25) is 4.99 Å². The number of carbonyl (C=O) groups is 1. The second-order valence-corrected chi connectivity index (χ2v) is 16.3. The summed E-state index contributed by atoms with van der Waals surface area (Å²) in [5.74, 6) is 14.2. The Morgan fingerprint density at radius 3 is 1.71 bits per heavy atom. The number of fused-ring (bicyclic) bond motifs is 5. The van der Waals surface area contributed by atoms with Gasteiger partial charge in [0.15, 0.2) is 0 Å². The molecule has 334 valence electrons. The number of ether oxygens (including phenoxy) is 1. The summed E-state index contributed by atoms with van der Waals surface area (Å²) in [6, 6.07) is 57.7. The SMILES string of the molecule is C(#Cc1c2ccccc2c(C#Cc2ccccc2)c2cc3ccccc3cc12)c1ccccc1.CCN=c1cc2oc3cc(NCC)c(C)cc3c(-c3ccccc3C(=O)OCC)c-2cc1C.Cl. The summed E-state index contributed by atoms with van der Waals surface area (Å²) in [7, 11) is 0. The summed E-state index contributed by atoms with van der Waals surface area (Å²) in [5, 5.41) is 12.2. The fourth-order valence-electron chi connectivity index (χ4n) is 8.73. The lowest BCUT2D eigenvalue weighted by atomic mass is 9.89. The smallest absolute Gasteiger partial charge is 0.338 e. The number of esters is 1. The maximum absolute atomic E-state index is 12.9. The lowest BCUT2D eigenvalue weighted by Crippen LogP contribution is -2.10. The van der Waals surface area contributed by atoms with Crippen molar-refractivity contribution in [2.45, 2.75) is 34.6 Å². The molecular formula is C62H51ClN2O3. The normalized spacial score (nSPS) is 11.0. The van der Waals surface area contributed by atoms with Crippen LogP contribution in [0.4, 0.5) is 5.69 Å². The summed E-state index contributed by atoms with van der Waals surface area (Å²) < 4.78 is 11.8. The first kappa shape index (κ1) is 46.4. The van der Waals surface area contributed by atoms with Crippen LogP contribution in [-0.4, -0.2) is 25.7 Å². The Bertz CT molecular complexity index is 3510. The minimum absolute atomic E-state index is 0. The van der Waals surface area contributed by atoms with Crippen LogP contribution in [0.2, 0.25) is 0 Å². The molecule has 8 aromatic carbocycles. The number of hydrogen-bond donors (Lipinski definition) is 1. The van der Waals surface area contributed by atoms with Crippen LogP contribution >= 0.6 is 12.4 Å². The number of halogens is 1. The van der Waals surface area contributed by atoms with Crippen molar-refractivity contribution < 1.29 is 13.9 Å². The maximum Gasteiger partial charge on any atom is 0.338 e. The molecular weight excluding hydrogens is 856 g/mol. The largest absolute Gasteiger partial charge is 0.462 e. The molecule has 8 aromatic rings. The topological polar surface area (TPSA) is 63.8 Å².